The summed E-state index contributed by atoms with van der Waals surface area (Å²) in [5, 5.41) is 0. The number of ether oxygens (including phenoxy) is 2. The molecule has 4 heteroatoms. The van der Waals surface area contributed by atoms with Gasteiger partial charge in [0, 0.05) is 11.1 Å². The van der Waals surface area contributed by atoms with Gasteiger partial charge in [0.05, 0.1) is 10.9 Å². The van der Waals surface area contributed by atoms with Gasteiger partial charge in [0.2, 0.25) is 0 Å². The minimum atomic E-state index is -0.391. The van der Waals surface area contributed by atoms with Crippen LogP contribution in [0, 0.1) is 0 Å². The van der Waals surface area contributed by atoms with Gasteiger partial charge in [-0.3, -0.25) is 0 Å². The van der Waals surface area contributed by atoms with Crippen LogP contribution in [0.4, 0.5) is 0 Å². The summed E-state index contributed by atoms with van der Waals surface area (Å²) in [5.41, 5.74) is 1.64. The fourth-order valence-electron chi connectivity index (χ4n) is 2.74. The maximum absolute atomic E-state index is 11.4. The maximum atomic E-state index is 11.4. The summed E-state index contributed by atoms with van der Waals surface area (Å²) in [5.74, 6) is 1.31. The summed E-state index contributed by atoms with van der Waals surface area (Å²) < 4.78 is 10.7. The van der Waals surface area contributed by atoms with Crippen LogP contribution in [0.5, 0.6) is 5.75 Å². The predicted molar refractivity (Wildman–Crippen MR) is 118 cm³/mol. The molecule has 0 heterocycles. The molecule has 29 heavy (non-hydrogen) atoms. The second-order valence-electron chi connectivity index (χ2n) is 6.57. The first kappa shape index (κ1) is 20.7. The summed E-state index contributed by atoms with van der Waals surface area (Å²) in [6.07, 6.45) is 0. The first-order valence-electron chi connectivity index (χ1n) is 9.49. The van der Waals surface area contributed by atoms with Crippen molar-refractivity contribution in [1.82, 2.24) is 0 Å². The van der Waals surface area contributed by atoms with E-state index in [0.29, 0.717) is 12.2 Å². The number of rotatable bonds is 9. The highest BCUT2D eigenvalue weighted by Gasteiger charge is 2.25. The number of carbonyl (C=O) groups is 1. The Kier molecular flexibility index (Phi) is 7.54. The molecule has 0 aromatic heterocycles. The van der Waals surface area contributed by atoms with Crippen molar-refractivity contribution in [2.45, 2.75) is 22.5 Å². The molecule has 0 aliphatic carbocycles. The van der Waals surface area contributed by atoms with E-state index in [1.54, 1.807) is 6.92 Å². The Hall–Kier alpha value is -2.98. The minimum Gasteiger partial charge on any atom is -0.490 e. The maximum Gasteiger partial charge on any atom is 0.333 e. The third kappa shape index (κ3) is 6.26. The topological polar surface area (TPSA) is 35.5 Å². The molecule has 0 unspecified atom stereocenters. The van der Waals surface area contributed by atoms with Gasteiger partial charge in [-0.2, -0.15) is 0 Å². The van der Waals surface area contributed by atoms with Crippen molar-refractivity contribution in [3.63, 3.8) is 0 Å². The molecular formula is C25H25O3S+. The van der Waals surface area contributed by atoms with Crippen molar-refractivity contribution in [1.29, 1.82) is 0 Å². The lowest BCUT2D eigenvalue weighted by molar-refractivity contribution is -0.139. The molecule has 148 valence electrons. The average molecular weight is 406 g/mol. The molecule has 0 N–H and O–H groups in total. The van der Waals surface area contributed by atoms with Gasteiger partial charge in [-0.05, 0) is 43.3 Å². The quantitative estimate of drug-likeness (QED) is 0.206. The lowest BCUT2D eigenvalue weighted by Crippen LogP contribution is -2.12. The first-order valence-corrected chi connectivity index (χ1v) is 10.9. The molecule has 0 aliphatic rings. The van der Waals surface area contributed by atoms with Gasteiger partial charge in [0.25, 0.3) is 0 Å². The number of benzene rings is 3. The van der Waals surface area contributed by atoms with Crippen molar-refractivity contribution in [3.05, 3.63) is 103 Å². The Bertz CT molecular complexity index is 882. The molecule has 0 fully saturated rings. The second-order valence-corrected chi connectivity index (χ2v) is 8.58. The SMILES string of the molecule is C=C(C)C(=O)OCCOc1ccc(C[S+](c2ccccc2)c2ccccc2)cc1. The summed E-state index contributed by atoms with van der Waals surface area (Å²) in [7, 11) is -0.0320. The minimum absolute atomic E-state index is 0.0320. The molecule has 3 aromatic carbocycles. The number of hydrogen-bond donors (Lipinski definition) is 0. The average Bonchev–Trinajstić information content (AvgIpc) is 2.77. The van der Waals surface area contributed by atoms with Crippen LogP contribution < -0.4 is 4.74 Å². The monoisotopic (exact) mass is 405 g/mol. The summed E-state index contributed by atoms with van der Waals surface area (Å²) in [4.78, 5) is 14.0. The highest BCUT2D eigenvalue weighted by molar-refractivity contribution is 7.96. The van der Waals surface area contributed by atoms with Crippen LogP contribution in [-0.4, -0.2) is 19.2 Å². The molecule has 3 rings (SSSR count). The summed E-state index contributed by atoms with van der Waals surface area (Å²) in [6, 6.07) is 29.4. The zero-order valence-corrected chi connectivity index (χ0v) is 17.4. The first-order chi connectivity index (χ1) is 14.1. The van der Waals surface area contributed by atoms with E-state index in [-0.39, 0.29) is 17.5 Å². The van der Waals surface area contributed by atoms with E-state index < -0.39 is 5.97 Å². The number of carbonyl (C=O) groups excluding carboxylic acids is 1. The van der Waals surface area contributed by atoms with Gasteiger partial charge in [0.15, 0.2) is 9.79 Å². The van der Waals surface area contributed by atoms with E-state index in [9.17, 15) is 4.79 Å². The predicted octanol–water partition coefficient (Wildman–Crippen LogP) is 5.42. The smallest absolute Gasteiger partial charge is 0.333 e. The van der Waals surface area contributed by atoms with Gasteiger partial charge in [-0.1, -0.05) is 55.1 Å². The Morgan fingerprint density at radius 3 is 1.90 bits per heavy atom. The number of esters is 1. The van der Waals surface area contributed by atoms with Crippen LogP contribution in [0.15, 0.2) is 107 Å². The van der Waals surface area contributed by atoms with E-state index in [0.717, 1.165) is 11.5 Å². The van der Waals surface area contributed by atoms with Crippen LogP contribution in [0.1, 0.15) is 12.5 Å². The fourth-order valence-corrected chi connectivity index (χ4v) is 4.84. The third-order valence-electron chi connectivity index (χ3n) is 4.22. The molecule has 3 nitrogen and oxygen atoms in total. The Morgan fingerprint density at radius 2 is 1.38 bits per heavy atom. The Labute approximate surface area is 175 Å². The van der Waals surface area contributed by atoms with Gasteiger partial charge < -0.3 is 9.47 Å². The second kappa shape index (κ2) is 10.5. The van der Waals surface area contributed by atoms with E-state index in [1.807, 2.05) is 12.1 Å². The van der Waals surface area contributed by atoms with E-state index in [1.165, 1.54) is 15.4 Å². The molecule has 0 spiro atoms. The van der Waals surface area contributed by atoms with Gasteiger partial charge in [0.1, 0.15) is 24.7 Å². The van der Waals surface area contributed by atoms with Gasteiger partial charge in [-0.15, -0.1) is 0 Å². The van der Waals surface area contributed by atoms with E-state index in [2.05, 4.69) is 79.4 Å². The Balaban J connectivity index is 1.62. The molecule has 0 bridgehead atoms. The van der Waals surface area contributed by atoms with Gasteiger partial charge >= 0.3 is 5.97 Å². The normalized spacial score (nSPS) is 10.6. The molecule has 0 atom stereocenters. The van der Waals surface area contributed by atoms with Crippen molar-refractivity contribution < 1.29 is 14.3 Å². The molecule has 0 saturated heterocycles. The molecule has 0 saturated carbocycles. The highest BCUT2D eigenvalue weighted by Crippen LogP contribution is 2.27. The molecular weight excluding hydrogens is 380 g/mol. The molecule has 0 aliphatic heterocycles. The highest BCUT2D eigenvalue weighted by atomic mass is 32.2. The van der Waals surface area contributed by atoms with Crippen molar-refractivity contribution in [2.75, 3.05) is 13.2 Å². The van der Waals surface area contributed by atoms with Crippen LogP contribution in [-0.2, 0) is 26.2 Å². The lowest BCUT2D eigenvalue weighted by atomic mass is 10.2. The van der Waals surface area contributed by atoms with Crippen molar-refractivity contribution >= 4 is 16.9 Å². The van der Waals surface area contributed by atoms with Gasteiger partial charge in [-0.25, -0.2) is 4.79 Å². The standard InChI is InChI=1S/C25H25O3S/c1-20(2)25(26)28-18-17-27-22-15-13-21(14-16-22)19-29(23-9-5-3-6-10-23)24-11-7-4-8-12-24/h3-16H,1,17-19H2,2H3/q+1. The zero-order chi connectivity index (χ0) is 20.5. The molecule has 3 aromatic rings. The van der Waals surface area contributed by atoms with E-state index in [4.69, 9.17) is 9.47 Å². The summed E-state index contributed by atoms with van der Waals surface area (Å²) >= 11 is 0. The number of hydrogen-bond acceptors (Lipinski definition) is 3. The molecule has 0 radical (unpaired) electrons. The lowest BCUT2D eigenvalue weighted by Gasteiger charge is -2.10. The summed E-state index contributed by atoms with van der Waals surface area (Å²) in [6.45, 7) is 5.70. The fraction of sp³-hybridized carbons (Fsp3) is 0.160. The van der Waals surface area contributed by atoms with E-state index >= 15 is 0 Å². The Morgan fingerprint density at radius 1 is 0.828 bits per heavy atom. The van der Waals surface area contributed by atoms with Crippen molar-refractivity contribution in [3.8, 4) is 5.75 Å². The van der Waals surface area contributed by atoms with Crippen LogP contribution in [0.2, 0.25) is 0 Å². The molecule has 0 amide bonds. The van der Waals surface area contributed by atoms with Crippen LogP contribution in [0.3, 0.4) is 0 Å². The third-order valence-corrected chi connectivity index (χ3v) is 6.53. The van der Waals surface area contributed by atoms with Crippen LogP contribution >= 0.6 is 0 Å². The van der Waals surface area contributed by atoms with Crippen LogP contribution in [0.25, 0.3) is 0 Å². The van der Waals surface area contributed by atoms with Crippen molar-refractivity contribution in [2.24, 2.45) is 0 Å². The zero-order valence-electron chi connectivity index (χ0n) is 16.5. The largest absolute Gasteiger partial charge is 0.490 e.